The van der Waals surface area contributed by atoms with Gasteiger partial charge in [0, 0.05) is 20.3 Å². The third kappa shape index (κ3) is 3.46. The topological polar surface area (TPSA) is 88.4 Å². The van der Waals surface area contributed by atoms with Gasteiger partial charge < -0.3 is 4.90 Å². The largest absolute Gasteiger partial charge is 0.310 e. The van der Waals surface area contributed by atoms with Crippen LogP contribution in [-0.2, 0) is 14.8 Å². The second kappa shape index (κ2) is 6.98. The molecule has 1 fully saturated rings. The zero-order valence-electron chi connectivity index (χ0n) is 14.7. The maximum Gasteiger partial charge on any atom is 0.245 e. The molecule has 2 aromatic heterocycles. The van der Waals surface area contributed by atoms with E-state index in [1.807, 2.05) is 0 Å². The Morgan fingerprint density at radius 2 is 2.08 bits per heavy atom. The molecule has 2 heterocycles. The second-order valence-electron chi connectivity index (χ2n) is 6.29. The predicted molar refractivity (Wildman–Crippen MR) is 98.9 cm³/mol. The lowest BCUT2D eigenvalue weighted by molar-refractivity contribution is -0.121. The van der Waals surface area contributed by atoms with Crippen LogP contribution in [-0.4, -0.2) is 58.8 Å². The molecule has 0 radical (unpaired) electrons. The zero-order valence-corrected chi connectivity index (χ0v) is 16.3. The molecular weight excluding hydrogens is 378 g/mol. The number of hydrogen-bond donors (Lipinski definition) is 0. The highest BCUT2D eigenvalue weighted by Gasteiger charge is 2.42. The summed E-state index contributed by atoms with van der Waals surface area (Å²) in [5.74, 6) is -0.385. The molecule has 1 atom stereocenters. The molecule has 1 aliphatic carbocycles. The molecule has 0 saturated heterocycles. The molecule has 0 aliphatic heterocycles. The molecule has 1 amide bonds. The van der Waals surface area contributed by atoms with Crippen LogP contribution in [0.2, 0.25) is 5.15 Å². The Morgan fingerprint density at radius 1 is 1.38 bits per heavy atom. The van der Waals surface area contributed by atoms with Gasteiger partial charge in [0.05, 0.1) is 23.3 Å². The molecule has 0 N–H and O–H groups in total. The molecular formula is C16H20ClN5O3S. The summed E-state index contributed by atoms with van der Waals surface area (Å²) in [6.07, 6.45) is 6.16. The number of nitrogens with zero attached hydrogens (tertiary/aromatic N) is 5. The minimum Gasteiger partial charge on any atom is -0.310 e. The third-order valence-corrected chi connectivity index (χ3v) is 7.21. The number of sulfonamides is 1. The van der Waals surface area contributed by atoms with Gasteiger partial charge in [-0.15, -0.1) is 0 Å². The summed E-state index contributed by atoms with van der Waals surface area (Å²) < 4.78 is 27.4. The molecule has 1 unspecified atom stereocenters. The van der Waals surface area contributed by atoms with Crippen LogP contribution in [0.25, 0.3) is 5.69 Å². The molecule has 26 heavy (non-hydrogen) atoms. The van der Waals surface area contributed by atoms with Crippen molar-refractivity contribution in [2.45, 2.75) is 31.1 Å². The van der Waals surface area contributed by atoms with Gasteiger partial charge in [-0.1, -0.05) is 11.6 Å². The van der Waals surface area contributed by atoms with Crippen LogP contribution in [0.15, 0.2) is 30.7 Å². The second-order valence-corrected chi connectivity index (χ2v) is 8.93. The van der Waals surface area contributed by atoms with Crippen LogP contribution in [0.4, 0.5) is 5.69 Å². The fraction of sp³-hybridized carbons (Fsp3) is 0.438. The number of rotatable bonds is 6. The van der Waals surface area contributed by atoms with E-state index in [0.29, 0.717) is 24.2 Å². The average Bonchev–Trinajstić information content (AvgIpc) is 3.43. The van der Waals surface area contributed by atoms with Gasteiger partial charge in [0.2, 0.25) is 15.9 Å². The monoisotopic (exact) mass is 397 g/mol. The molecule has 0 aromatic carbocycles. The highest BCUT2D eigenvalue weighted by molar-refractivity contribution is 7.90. The number of carbonyl (C=O) groups excluding carboxylic acids is 1. The standard InChI is InChI=1S/C16H20ClN5O3S/c1-11(21(3)26(24,25)13-6-7-13)16(23)20(2)14-10-22(19-15(14)17)12-5-4-8-18-9-12/h4-5,8-11,13H,6-7H2,1-3H3. The summed E-state index contributed by atoms with van der Waals surface area (Å²) in [6, 6.07) is 2.73. The molecule has 140 valence electrons. The summed E-state index contributed by atoms with van der Waals surface area (Å²) in [5.41, 5.74) is 1.09. The third-order valence-electron chi connectivity index (χ3n) is 4.50. The zero-order chi connectivity index (χ0) is 19.1. The molecule has 1 aliphatic rings. The van der Waals surface area contributed by atoms with Crippen LogP contribution >= 0.6 is 11.6 Å². The molecule has 10 heteroatoms. The smallest absolute Gasteiger partial charge is 0.245 e. The van der Waals surface area contributed by atoms with E-state index in [0.717, 1.165) is 4.31 Å². The Kier molecular flexibility index (Phi) is 5.05. The number of amides is 1. The van der Waals surface area contributed by atoms with Gasteiger partial charge in [0.15, 0.2) is 5.15 Å². The number of likely N-dealkylation sites (N-methyl/N-ethyl adjacent to an activating group) is 2. The van der Waals surface area contributed by atoms with Crippen LogP contribution in [0.3, 0.4) is 0 Å². The van der Waals surface area contributed by atoms with Crippen molar-refractivity contribution in [2.75, 3.05) is 19.0 Å². The Bertz CT molecular complexity index is 911. The summed E-state index contributed by atoms with van der Waals surface area (Å²) in [6.45, 7) is 1.57. The molecule has 1 saturated carbocycles. The van der Waals surface area contributed by atoms with Gasteiger partial charge in [0.25, 0.3) is 0 Å². The Labute approximate surface area is 157 Å². The normalized spacial score (nSPS) is 15.9. The predicted octanol–water partition coefficient (Wildman–Crippen LogP) is 1.70. The van der Waals surface area contributed by atoms with E-state index >= 15 is 0 Å². The van der Waals surface area contributed by atoms with Gasteiger partial charge in [0.1, 0.15) is 11.7 Å². The van der Waals surface area contributed by atoms with Crippen molar-refractivity contribution >= 4 is 33.2 Å². The Hall–Kier alpha value is -1.97. The highest BCUT2D eigenvalue weighted by atomic mass is 35.5. The minimum atomic E-state index is -3.45. The van der Waals surface area contributed by atoms with Crippen molar-refractivity contribution in [1.29, 1.82) is 0 Å². The summed E-state index contributed by atoms with van der Waals surface area (Å²) in [4.78, 5) is 18.1. The number of carbonyl (C=O) groups is 1. The van der Waals surface area contributed by atoms with Crippen LogP contribution in [0.1, 0.15) is 19.8 Å². The van der Waals surface area contributed by atoms with Crippen molar-refractivity contribution in [2.24, 2.45) is 0 Å². The van der Waals surface area contributed by atoms with Crippen molar-refractivity contribution < 1.29 is 13.2 Å². The van der Waals surface area contributed by atoms with E-state index in [-0.39, 0.29) is 16.3 Å². The lowest BCUT2D eigenvalue weighted by Crippen LogP contribution is -2.47. The maximum atomic E-state index is 12.8. The molecule has 2 aromatic rings. The first-order valence-electron chi connectivity index (χ1n) is 8.13. The first-order valence-corrected chi connectivity index (χ1v) is 10.0. The van der Waals surface area contributed by atoms with E-state index in [4.69, 9.17) is 11.6 Å². The van der Waals surface area contributed by atoms with E-state index in [1.54, 1.807) is 44.7 Å². The Morgan fingerprint density at radius 3 is 2.65 bits per heavy atom. The number of hydrogen-bond acceptors (Lipinski definition) is 5. The van der Waals surface area contributed by atoms with Gasteiger partial charge in [-0.25, -0.2) is 13.1 Å². The fourth-order valence-electron chi connectivity index (χ4n) is 2.57. The molecule has 0 bridgehead atoms. The van der Waals surface area contributed by atoms with E-state index in [1.165, 1.54) is 16.6 Å². The van der Waals surface area contributed by atoms with Crippen molar-refractivity contribution in [3.8, 4) is 5.69 Å². The van der Waals surface area contributed by atoms with E-state index < -0.39 is 16.1 Å². The van der Waals surface area contributed by atoms with Gasteiger partial charge in [-0.2, -0.15) is 9.40 Å². The summed E-state index contributed by atoms with van der Waals surface area (Å²) >= 11 is 6.19. The van der Waals surface area contributed by atoms with Crippen LogP contribution in [0, 0.1) is 0 Å². The molecule has 3 rings (SSSR count). The van der Waals surface area contributed by atoms with Crippen molar-refractivity contribution in [3.05, 3.63) is 35.9 Å². The first kappa shape index (κ1) is 18.8. The number of aromatic nitrogens is 3. The lowest BCUT2D eigenvalue weighted by atomic mass is 10.3. The Balaban J connectivity index is 1.81. The average molecular weight is 398 g/mol. The minimum absolute atomic E-state index is 0.143. The van der Waals surface area contributed by atoms with Crippen LogP contribution in [0.5, 0.6) is 0 Å². The maximum absolute atomic E-state index is 12.8. The lowest BCUT2D eigenvalue weighted by Gasteiger charge is -2.27. The fourth-order valence-corrected chi connectivity index (χ4v) is 4.56. The first-order chi connectivity index (χ1) is 12.2. The number of pyridine rings is 1. The number of anilines is 1. The molecule has 0 spiro atoms. The quantitative estimate of drug-likeness (QED) is 0.740. The van der Waals surface area contributed by atoms with Gasteiger partial charge in [-0.05, 0) is 31.9 Å². The molecule has 8 nitrogen and oxygen atoms in total. The van der Waals surface area contributed by atoms with Gasteiger partial charge >= 0.3 is 0 Å². The number of halogens is 1. The van der Waals surface area contributed by atoms with Gasteiger partial charge in [-0.3, -0.25) is 9.78 Å². The highest BCUT2D eigenvalue weighted by Crippen LogP contribution is 2.32. The van der Waals surface area contributed by atoms with Crippen molar-refractivity contribution in [1.82, 2.24) is 19.1 Å². The van der Waals surface area contributed by atoms with E-state index in [9.17, 15) is 13.2 Å². The summed E-state index contributed by atoms with van der Waals surface area (Å²) in [7, 11) is -0.466. The van der Waals surface area contributed by atoms with Crippen LogP contribution < -0.4 is 4.90 Å². The summed E-state index contributed by atoms with van der Waals surface area (Å²) in [5, 5.41) is 3.96. The SMILES string of the molecule is CC(C(=O)N(C)c1cn(-c2cccnc2)nc1Cl)N(C)S(=O)(=O)C1CC1. The van der Waals surface area contributed by atoms with Crippen molar-refractivity contribution in [3.63, 3.8) is 0 Å². The van der Waals surface area contributed by atoms with E-state index in [2.05, 4.69) is 10.1 Å².